The van der Waals surface area contributed by atoms with Gasteiger partial charge in [-0.05, 0) is 60.4 Å². The van der Waals surface area contributed by atoms with Gasteiger partial charge in [-0.25, -0.2) is 0 Å². The molecule has 4 nitrogen and oxygen atoms in total. The monoisotopic (exact) mass is 526 g/mol. The molecule has 0 aromatic heterocycles. The van der Waals surface area contributed by atoms with Crippen molar-refractivity contribution in [2.45, 2.75) is 19.4 Å². The van der Waals surface area contributed by atoms with E-state index in [1.165, 1.54) is 11.1 Å². The highest BCUT2D eigenvalue weighted by Gasteiger charge is 2.15. The lowest BCUT2D eigenvalue weighted by molar-refractivity contribution is 0.103. The fourth-order valence-electron chi connectivity index (χ4n) is 4.88. The maximum Gasteiger partial charge on any atom is 0.195 e. The Morgan fingerprint density at radius 3 is 2.42 bits per heavy atom. The first-order valence-corrected chi connectivity index (χ1v) is 13.7. The summed E-state index contributed by atoms with van der Waals surface area (Å²) in [6.45, 7) is 7.34. The lowest BCUT2D eigenvalue weighted by Gasteiger charge is -2.22. The fraction of sp³-hybridized carbons (Fsp3) is 0.139. The summed E-state index contributed by atoms with van der Waals surface area (Å²) >= 11 is 0. The molecule has 0 amide bonds. The maximum atomic E-state index is 13.1. The number of hydrogen-bond donors (Lipinski definition) is 1. The molecule has 0 aliphatic carbocycles. The van der Waals surface area contributed by atoms with Gasteiger partial charge in [-0.3, -0.25) is 4.79 Å². The molecule has 0 bridgehead atoms. The molecule has 0 saturated heterocycles. The molecular formula is C36H34N2O2. The van der Waals surface area contributed by atoms with Crippen LogP contribution in [0.1, 0.15) is 34.0 Å². The van der Waals surface area contributed by atoms with Crippen molar-refractivity contribution < 1.29 is 9.53 Å². The van der Waals surface area contributed by atoms with Gasteiger partial charge < -0.3 is 15.0 Å². The maximum absolute atomic E-state index is 13.1. The molecule has 1 atom stereocenters. The number of ketones is 1. The Kier molecular flexibility index (Phi) is 8.57. The zero-order valence-corrected chi connectivity index (χ0v) is 22.8. The molecule has 0 fully saturated rings. The molecule has 40 heavy (non-hydrogen) atoms. The topological polar surface area (TPSA) is 41.6 Å². The van der Waals surface area contributed by atoms with E-state index in [0.717, 1.165) is 35.7 Å². The molecule has 4 heteroatoms. The van der Waals surface area contributed by atoms with Crippen molar-refractivity contribution >= 4 is 23.2 Å². The van der Waals surface area contributed by atoms with Gasteiger partial charge in [0.1, 0.15) is 12.4 Å². The number of carbonyl (C=O) groups is 1. The Labute approximate surface area is 236 Å². The van der Waals surface area contributed by atoms with Gasteiger partial charge in [0.25, 0.3) is 0 Å². The van der Waals surface area contributed by atoms with Crippen molar-refractivity contribution in [3.63, 3.8) is 0 Å². The quantitative estimate of drug-likeness (QED) is 0.201. The first-order valence-electron chi connectivity index (χ1n) is 13.7. The van der Waals surface area contributed by atoms with Gasteiger partial charge in [-0.1, -0.05) is 97.6 Å². The fourth-order valence-corrected chi connectivity index (χ4v) is 4.88. The molecular weight excluding hydrogens is 492 g/mol. The smallest absolute Gasteiger partial charge is 0.195 e. The van der Waals surface area contributed by atoms with E-state index in [2.05, 4.69) is 78.5 Å². The van der Waals surface area contributed by atoms with Crippen molar-refractivity contribution in [3.05, 3.63) is 156 Å². The molecule has 0 saturated carbocycles. The highest BCUT2D eigenvalue weighted by atomic mass is 16.5. The van der Waals surface area contributed by atoms with Crippen LogP contribution in [0.15, 0.2) is 134 Å². The third kappa shape index (κ3) is 6.59. The number of hydrogen-bond acceptors (Lipinski definition) is 4. The Bertz CT molecular complexity index is 1520. The molecule has 0 spiro atoms. The molecule has 1 heterocycles. The van der Waals surface area contributed by atoms with Crippen LogP contribution in [0.2, 0.25) is 0 Å². The number of allylic oxidation sites excluding steroid dienone is 3. The number of benzene rings is 4. The average Bonchev–Trinajstić information content (AvgIpc) is 3.18. The number of anilines is 2. The molecule has 1 aliphatic rings. The van der Waals surface area contributed by atoms with Crippen molar-refractivity contribution in [2.24, 2.45) is 0 Å². The van der Waals surface area contributed by atoms with Crippen molar-refractivity contribution in [2.75, 3.05) is 23.4 Å². The number of para-hydroxylation sites is 2. The van der Waals surface area contributed by atoms with E-state index in [4.69, 9.17) is 4.74 Å². The van der Waals surface area contributed by atoms with E-state index in [9.17, 15) is 4.79 Å². The van der Waals surface area contributed by atoms with Crippen molar-refractivity contribution in [1.82, 2.24) is 0 Å². The van der Waals surface area contributed by atoms with Gasteiger partial charge in [0.2, 0.25) is 0 Å². The minimum absolute atomic E-state index is 0.0218. The number of ether oxygens (including phenoxy) is 1. The highest BCUT2D eigenvalue weighted by molar-refractivity contribution is 6.12. The van der Waals surface area contributed by atoms with Crippen LogP contribution in [-0.4, -0.2) is 25.0 Å². The normalized spacial score (nSPS) is 13.0. The summed E-state index contributed by atoms with van der Waals surface area (Å²) in [5.74, 6) is 0.867. The van der Waals surface area contributed by atoms with E-state index >= 15 is 0 Å². The van der Waals surface area contributed by atoms with Gasteiger partial charge in [0, 0.05) is 34.7 Å². The summed E-state index contributed by atoms with van der Waals surface area (Å²) in [4.78, 5) is 15.3. The average molecular weight is 527 g/mol. The standard InChI is InChI=1S/C36H34N2O2/c1-3-28-17-20-30-11-7-10-16-35(30)38(26-28)23-24-40-32-21-18-29(19-22-32)25-27(2)37-34-15-9-8-14-33(34)36(39)31-12-5-4-6-13-31/h3-22,26-27,37H,1,23-25H2,2H3. The molecule has 1 aliphatic heterocycles. The van der Waals surface area contributed by atoms with Crippen molar-refractivity contribution in [3.8, 4) is 5.75 Å². The first kappa shape index (κ1) is 26.8. The SMILES string of the molecule is C=CC1=CN(CCOc2ccc(CC(C)Nc3ccccc3C(=O)c3ccccc3)cc2)c2ccccc2C=C1. The summed E-state index contributed by atoms with van der Waals surface area (Å²) in [5.41, 5.74) is 6.82. The second-order valence-electron chi connectivity index (χ2n) is 9.90. The minimum Gasteiger partial charge on any atom is -0.492 e. The molecule has 1 N–H and O–H groups in total. The van der Waals surface area contributed by atoms with Crippen LogP contribution in [0.3, 0.4) is 0 Å². The zero-order valence-electron chi connectivity index (χ0n) is 22.8. The second-order valence-corrected chi connectivity index (χ2v) is 9.90. The Hall–Kier alpha value is -4.83. The van der Waals surface area contributed by atoms with Crippen LogP contribution < -0.4 is 15.0 Å². The molecule has 0 radical (unpaired) electrons. The lowest BCUT2D eigenvalue weighted by atomic mass is 10.0. The third-order valence-electron chi connectivity index (χ3n) is 6.92. The predicted octanol–water partition coefficient (Wildman–Crippen LogP) is 7.94. The van der Waals surface area contributed by atoms with Crippen LogP contribution in [0.4, 0.5) is 11.4 Å². The minimum atomic E-state index is 0.0218. The summed E-state index contributed by atoms with van der Waals surface area (Å²) in [5, 5.41) is 3.54. The highest BCUT2D eigenvalue weighted by Crippen LogP contribution is 2.27. The van der Waals surface area contributed by atoms with Crippen LogP contribution >= 0.6 is 0 Å². The molecule has 4 aromatic rings. The summed E-state index contributed by atoms with van der Waals surface area (Å²) < 4.78 is 6.10. The van der Waals surface area contributed by atoms with Crippen molar-refractivity contribution in [1.29, 1.82) is 0 Å². The van der Waals surface area contributed by atoms with Gasteiger partial charge in [-0.2, -0.15) is 0 Å². The Morgan fingerprint density at radius 1 is 0.900 bits per heavy atom. The predicted molar refractivity (Wildman–Crippen MR) is 166 cm³/mol. The van der Waals surface area contributed by atoms with Crippen LogP contribution in [-0.2, 0) is 6.42 Å². The van der Waals surface area contributed by atoms with E-state index in [-0.39, 0.29) is 11.8 Å². The van der Waals surface area contributed by atoms with E-state index in [0.29, 0.717) is 17.7 Å². The number of rotatable bonds is 11. The second kappa shape index (κ2) is 12.8. The molecule has 200 valence electrons. The molecule has 4 aromatic carbocycles. The van der Waals surface area contributed by atoms with Gasteiger partial charge in [0.05, 0.1) is 6.54 Å². The third-order valence-corrected chi connectivity index (χ3v) is 6.92. The van der Waals surface area contributed by atoms with Gasteiger partial charge >= 0.3 is 0 Å². The first-order chi connectivity index (χ1) is 19.6. The zero-order chi connectivity index (χ0) is 27.7. The summed E-state index contributed by atoms with van der Waals surface area (Å²) in [6, 6.07) is 33.9. The van der Waals surface area contributed by atoms with Crippen LogP contribution in [0.5, 0.6) is 5.75 Å². The molecule has 5 rings (SSSR count). The number of fused-ring (bicyclic) bond motifs is 1. The van der Waals surface area contributed by atoms with Crippen LogP contribution in [0, 0.1) is 0 Å². The Morgan fingerprint density at radius 2 is 1.62 bits per heavy atom. The van der Waals surface area contributed by atoms with E-state index in [1.54, 1.807) is 0 Å². The van der Waals surface area contributed by atoms with Gasteiger partial charge in [-0.15, -0.1) is 0 Å². The van der Waals surface area contributed by atoms with E-state index < -0.39 is 0 Å². The van der Waals surface area contributed by atoms with Crippen LogP contribution in [0.25, 0.3) is 6.08 Å². The Balaban J connectivity index is 1.17. The lowest BCUT2D eigenvalue weighted by Crippen LogP contribution is -2.23. The summed E-state index contributed by atoms with van der Waals surface area (Å²) in [7, 11) is 0. The van der Waals surface area contributed by atoms with Gasteiger partial charge in [0.15, 0.2) is 5.78 Å². The summed E-state index contributed by atoms with van der Waals surface area (Å²) in [6.07, 6.45) is 9.01. The number of nitrogens with zero attached hydrogens (tertiary/aromatic N) is 1. The largest absolute Gasteiger partial charge is 0.492 e. The molecule has 1 unspecified atom stereocenters. The number of carbonyl (C=O) groups excluding carboxylic acids is 1. The number of nitrogens with one attached hydrogen (secondary N) is 1. The van der Waals surface area contributed by atoms with E-state index in [1.807, 2.05) is 72.8 Å².